The van der Waals surface area contributed by atoms with Gasteiger partial charge in [-0.05, 0) is 37.6 Å². The van der Waals surface area contributed by atoms with Crippen molar-refractivity contribution in [1.29, 1.82) is 0 Å². The Morgan fingerprint density at radius 1 is 1.31 bits per heavy atom. The van der Waals surface area contributed by atoms with Gasteiger partial charge in [-0.3, -0.25) is 4.90 Å². The average molecular weight is 226 g/mol. The number of piperidine rings is 1. The fourth-order valence-corrected chi connectivity index (χ4v) is 3.28. The first-order valence-corrected chi connectivity index (χ1v) is 7.09. The Morgan fingerprint density at radius 3 is 2.44 bits per heavy atom. The lowest BCUT2D eigenvalue weighted by molar-refractivity contribution is 0.0475. The smallest absolute Gasteiger partial charge is 0.0224 e. The Bertz CT molecular complexity index is 191. The molecule has 0 spiro atoms. The van der Waals surface area contributed by atoms with Crippen molar-refractivity contribution in [2.45, 2.75) is 65.5 Å². The summed E-state index contributed by atoms with van der Waals surface area (Å²) in [6.45, 7) is 11.4. The highest BCUT2D eigenvalue weighted by Crippen LogP contribution is 2.29. The predicted octanol–water partition coefficient (Wildman–Crippen LogP) is 2.87. The van der Waals surface area contributed by atoms with Crippen molar-refractivity contribution in [1.82, 2.24) is 4.90 Å². The highest BCUT2D eigenvalue weighted by molar-refractivity contribution is 4.87. The van der Waals surface area contributed by atoms with Crippen LogP contribution in [0.2, 0.25) is 0 Å². The minimum atomic E-state index is 0.631. The number of nitrogens with zero attached hydrogens (tertiary/aromatic N) is 1. The van der Waals surface area contributed by atoms with E-state index in [2.05, 4.69) is 32.6 Å². The standard InChI is InChI=1S/C14H30N2/c1-5-12-7-8-16(13(9-12)10-15)14(6-2)11(3)4/h11-14H,5-10,15H2,1-4H3. The van der Waals surface area contributed by atoms with E-state index in [1.807, 2.05) is 0 Å². The summed E-state index contributed by atoms with van der Waals surface area (Å²) in [6.07, 6.45) is 5.26. The maximum absolute atomic E-state index is 5.96. The molecule has 1 heterocycles. The number of likely N-dealkylation sites (tertiary alicyclic amines) is 1. The molecule has 0 amide bonds. The highest BCUT2D eigenvalue weighted by atomic mass is 15.2. The van der Waals surface area contributed by atoms with Crippen molar-refractivity contribution >= 4 is 0 Å². The van der Waals surface area contributed by atoms with E-state index in [0.717, 1.165) is 24.4 Å². The average Bonchev–Trinajstić information content (AvgIpc) is 2.29. The molecule has 1 rings (SSSR count). The van der Waals surface area contributed by atoms with Crippen LogP contribution in [0.1, 0.15) is 53.4 Å². The summed E-state index contributed by atoms with van der Waals surface area (Å²) >= 11 is 0. The summed E-state index contributed by atoms with van der Waals surface area (Å²) in [5.41, 5.74) is 5.96. The first-order chi connectivity index (χ1) is 7.63. The molecule has 0 saturated carbocycles. The monoisotopic (exact) mass is 226 g/mol. The molecule has 2 nitrogen and oxygen atoms in total. The van der Waals surface area contributed by atoms with Gasteiger partial charge in [0.15, 0.2) is 0 Å². The van der Waals surface area contributed by atoms with Crippen LogP contribution >= 0.6 is 0 Å². The van der Waals surface area contributed by atoms with Crippen molar-refractivity contribution < 1.29 is 0 Å². The van der Waals surface area contributed by atoms with Crippen LogP contribution in [0.3, 0.4) is 0 Å². The first-order valence-electron chi connectivity index (χ1n) is 7.09. The summed E-state index contributed by atoms with van der Waals surface area (Å²) < 4.78 is 0. The van der Waals surface area contributed by atoms with Crippen molar-refractivity contribution in [3.63, 3.8) is 0 Å². The van der Waals surface area contributed by atoms with Crippen LogP contribution in [0.4, 0.5) is 0 Å². The van der Waals surface area contributed by atoms with Crippen molar-refractivity contribution in [3.05, 3.63) is 0 Å². The number of rotatable bonds is 5. The summed E-state index contributed by atoms with van der Waals surface area (Å²) in [7, 11) is 0. The zero-order chi connectivity index (χ0) is 12.1. The van der Waals surface area contributed by atoms with Crippen molar-refractivity contribution in [3.8, 4) is 0 Å². The predicted molar refractivity (Wildman–Crippen MR) is 71.5 cm³/mol. The zero-order valence-corrected chi connectivity index (χ0v) is 11.6. The van der Waals surface area contributed by atoms with Gasteiger partial charge in [0.1, 0.15) is 0 Å². The van der Waals surface area contributed by atoms with E-state index in [1.54, 1.807) is 0 Å². The quantitative estimate of drug-likeness (QED) is 0.781. The van der Waals surface area contributed by atoms with Crippen LogP contribution in [0.15, 0.2) is 0 Å². The van der Waals surface area contributed by atoms with Gasteiger partial charge in [0.05, 0.1) is 0 Å². The minimum Gasteiger partial charge on any atom is -0.329 e. The molecule has 1 aliphatic heterocycles. The molecule has 3 atom stereocenters. The van der Waals surface area contributed by atoms with Crippen LogP contribution in [0.25, 0.3) is 0 Å². The second-order valence-electron chi connectivity index (χ2n) is 5.65. The highest BCUT2D eigenvalue weighted by Gasteiger charge is 2.31. The molecule has 0 aromatic heterocycles. The van der Waals surface area contributed by atoms with Crippen LogP contribution in [0.5, 0.6) is 0 Å². The Kier molecular flexibility index (Phi) is 5.77. The maximum atomic E-state index is 5.96. The summed E-state index contributed by atoms with van der Waals surface area (Å²) in [6, 6.07) is 1.36. The molecule has 2 heteroatoms. The van der Waals surface area contributed by atoms with Gasteiger partial charge in [-0.15, -0.1) is 0 Å². The van der Waals surface area contributed by atoms with Gasteiger partial charge >= 0.3 is 0 Å². The molecule has 0 radical (unpaired) electrons. The number of hydrogen-bond acceptors (Lipinski definition) is 2. The van der Waals surface area contributed by atoms with Crippen LogP contribution in [-0.4, -0.2) is 30.1 Å². The molecule has 0 aromatic rings. The molecular weight excluding hydrogens is 196 g/mol. The fraction of sp³-hybridized carbons (Fsp3) is 1.00. The molecule has 1 fully saturated rings. The van der Waals surface area contributed by atoms with E-state index < -0.39 is 0 Å². The third-order valence-corrected chi connectivity index (χ3v) is 4.33. The van der Waals surface area contributed by atoms with Crippen LogP contribution < -0.4 is 5.73 Å². The Balaban J connectivity index is 2.64. The topological polar surface area (TPSA) is 29.3 Å². The Hall–Kier alpha value is -0.0800. The third-order valence-electron chi connectivity index (χ3n) is 4.33. The van der Waals surface area contributed by atoms with Gasteiger partial charge in [-0.1, -0.05) is 34.1 Å². The van der Waals surface area contributed by atoms with Crippen molar-refractivity contribution in [2.75, 3.05) is 13.1 Å². The van der Waals surface area contributed by atoms with Gasteiger partial charge in [-0.2, -0.15) is 0 Å². The SMILES string of the molecule is CCC1CCN(C(CC)C(C)C)C(CN)C1. The summed E-state index contributed by atoms with van der Waals surface area (Å²) in [5.74, 6) is 1.66. The second kappa shape index (κ2) is 6.61. The Morgan fingerprint density at radius 2 is 2.00 bits per heavy atom. The Labute approximate surface area is 102 Å². The lowest BCUT2D eigenvalue weighted by Crippen LogP contribution is -2.52. The summed E-state index contributed by atoms with van der Waals surface area (Å²) in [4.78, 5) is 2.69. The van der Waals surface area contributed by atoms with Crippen LogP contribution in [-0.2, 0) is 0 Å². The van der Waals surface area contributed by atoms with Crippen LogP contribution in [0, 0.1) is 11.8 Å². The normalized spacial score (nSPS) is 29.6. The molecule has 1 saturated heterocycles. The molecular formula is C14H30N2. The maximum Gasteiger partial charge on any atom is 0.0224 e. The molecule has 3 unspecified atom stereocenters. The van der Waals surface area contributed by atoms with Gasteiger partial charge in [0.2, 0.25) is 0 Å². The number of nitrogens with two attached hydrogens (primary N) is 1. The van der Waals surface area contributed by atoms with E-state index >= 15 is 0 Å². The van der Waals surface area contributed by atoms with E-state index in [9.17, 15) is 0 Å². The minimum absolute atomic E-state index is 0.631. The fourth-order valence-electron chi connectivity index (χ4n) is 3.28. The molecule has 0 bridgehead atoms. The lowest BCUT2D eigenvalue weighted by Gasteiger charge is -2.44. The van der Waals surface area contributed by atoms with E-state index in [-0.39, 0.29) is 0 Å². The number of hydrogen-bond donors (Lipinski definition) is 1. The molecule has 2 N–H and O–H groups in total. The summed E-state index contributed by atoms with van der Waals surface area (Å²) in [5, 5.41) is 0. The molecule has 0 aliphatic carbocycles. The van der Waals surface area contributed by atoms with E-state index in [4.69, 9.17) is 5.73 Å². The van der Waals surface area contributed by atoms with Gasteiger partial charge in [0, 0.05) is 18.6 Å². The van der Waals surface area contributed by atoms with E-state index in [0.29, 0.717) is 6.04 Å². The molecule has 96 valence electrons. The third kappa shape index (κ3) is 3.21. The molecule has 16 heavy (non-hydrogen) atoms. The van der Waals surface area contributed by atoms with Gasteiger partial charge in [0.25, 0.3) is 0 Å². The van der Waals surface area contributed by atoms with Crippen molar-refractivity contribution in [2.24, 2.45) is 17.6 Å². The first kappa shape index (κ1) is 14.0. The lowest BCUT2D eigenvalue weighted by atomic mass is 9.86. The zero-order valence-electron chi connectivity index (χ0n) is 11.6. The van der Waals surface area contributed by atoms with Gasteiger partial charge < -0.3 is 5.73 Å². The molecule has 1 aliphatic rings. The largest absolute Gasteiger partial charge is 0.329 e. The van der Waals surface area contributed by atoms with E-state index in [1.165, 1.54) is 32.2 Å². The second-order valence-corrected chi connectivity index (χ2v) is 5.65. The van der Waals surface area contributed by atoms with Gasteiger partial charge in [-0.25, -0.2) is 0 Å². The molecule has 0 aromatic carbocycles.